The van der Waals surface area contributed by atoms with E-state index >= 15 is 0 Å². The summed E-state index contributed by atoms with van der Waals surface area (Å²) in [4.78, 5) is 50.1. The fourth-order valence-corrected chi connectivity index (χ4v) is 6.53. The zero-order chi connectivity index (χ0) is 28.7. The molecule has 0 radical (unpaired) electrons. The first-order valence-electron chi connectivity index (χ1n) is 13.1. The molecule has 0 spiro atoms. The first-order chi connectivity index (χ1) is 19.8. The molecule has 2 unspecified atom stereocenters. The van der Waals surface area contributed by atoms with E-state index in [-0.39, 0.29) is 29.7 Å². The van der Waals surface area contributed by atoms with Crippen LogP contribution in [0.2, 0.25) is 5.02 Å². The highest BCUT2D eigenvalue weighted by Crippen LogP contribution is 2.46. The number of hydrogen-bond acceptors (Lipinski definition) is 7. The fraction of sp³-hybridized carbons (Fsp3) is 0.233. The maximum absolute atomic E-state index is 13.7. The highest BCUT2D eigenvalue weighted by molar-refractivity contribution is 7.17. The number of pyridine rings is 1. The van der Waals surface area contributed by atoms with Crippen molar-refractivity contribution in [3.05, 3.63) is 93.6 Å². The molecule has 0 bridgehead atoms. The molecule has 2 aromatic heterocycles. The monoisotopic (exact) mass is 587 g/mol. The summed E-state index contributed by atoms with van der Waals surface area (Å²) >= 11 is 7.46. The van der Waals surface area contributed by atoms with Crippen LogP contribution < -0.4 is 15.4 Å². The van der Waals surface area contributed by atoms with E-state index in [1.807, 2.05) is 36.4 Å². The number of anilines is 1. The average Bonchev–Trinajstić information content (AvgIpc) is 3.64. The molecule has 4 heterocycles. The Morgan fingerprint density at radius 3 is 2.68 bits per heavy atom. The largest absolute Gasteiger partial charge is 0.487 e. The van der Waals surface area contributed by atoms with Gasteiger partial charge in [-0.25, -0.2) is 4.98 Å². The highest BCUT2D eigenvalue weighted by Gasteiger charge is 2.46. The van der Waals surface area contributed by atoms with Gasteiger partial charge >= 0.3 is 0 Å². The van der Waals surface area contributed by atoms with Gasteiger partial charge in [0.05, 0.1) is 17.9 Å². The number of aryl methyl sites for hydroxylation is 1. The van der Waals surface area contributed by atoms with Crippen LogP contribution in [0.25, 0.3) is 10.7 Å². The van der Waals surface area contributed by atoms with Crippen molar-refractivity contribution in [3.63, 3.8) is 0 Å². The molecule has 1 fully saturated rings. The van der Waals surface area contributed by atoms with Crippen LogP contribution in [-0.4, -0.2) is 51.8 Å². The number of carbonyl (C=O) groups excluding carboxylic acids is 3. The second kappa shape index (κ2) is 10.9. The molecule has 2 N–H and O–H groups in total. The Bertz CT molecular complexity index is 1660. The second-order valence-corrected chi connectivity index (χ2v) is 11.5. The van der Waals surface area contributed by atoms with Gasteiger partial charge < -0.3 is 20.3 Å². The molecular formula is C30H26ClN5O4S. The van der Waals surface area contributed by atoms with E-state index in [9.17, 15) is 14.4 Å². The van der Waals surface area contributed by atoms with Crippen LogP contribution in [0.15, 0.2) is 66.9 Å². The second-order valence-electron chi connectivity index (χ2n) is 10.0. The van der Waals surface area contributed by atoms with E-state index in [1.54, 1.807) is 42.3 Å². The molecule has 2 aliphatic rings. The summed E-state index contributed by atoms with van der Waals surface area (Å²) in [5.41, 5.74) is 3.43. The highest BCUT2D eigenvalue weighted by atomic mass is 35.5. The van der Waals surface area contributed by atoms with Crippen molar-refractivity contribution in [2.75, 3.05) is 18.4 Å². The molecule has 2 aliphatic heterocycles. The number of aromatic nitrogens is 2. The number of fused-ring (bicyclic) bond motifs is 3. The van der Waals surface area contributed by atoms with Gasteiger partial charge in [0, 0.05) is 41.9 Å². The molecule has 3 amide bonds. The van der Waals surface area contributed by atoms with E-state index in [2.05, 4.69) is 20.6 Å². The minimum atomic E-state index is -0.873. The predicted molar refractivity (Wildman–Crippen MR) is 156 cm³/mol. The van der Waals surface area contributed by atoms with Crippen molar-refractivity contribution in [2.45, 2.75) is 31.9 Å². The van der Waals surface area contributed by atoms with Gasteiger partial charge in [-0.1, -0.05) is 35.9 Å². The third-order valence-corrected chi connectivity index (χ3v) is 8.62. The number of likely N-dealkylation sites (tertiary alicyclic amines) is 1. The predicted octanol–water partition coefficient (Wildman–Crippen LogP) is 4.98. The topological polar surface area (TPSA) is 114 Å². The summed E-state index contributed by atoms with van der Waals surface area (Å²) in [6, 6.07) is 17.2. The Hall–Kier alpha value is -4.28. The fourth-order valence-electron chi connectivity index (χ4n) is 5.40. The number of hydrogen-bond donors (Lipinski definition) is 2. The maximum atomic E-state index is 13.7. The molecule has 11 heteroatoms. The van der Waals surface area contributed by atoms with Crippen LogP contribution in [0.3, 0.4) is 0 Å². The lowest BCUT2D eigenvalue weighted by atomic mass is 9.96. The first kappa shape index (κ1) is 26.9. The van der Waals surface area contributed by atoms with Gasteiger partial charge in [-0.15, -0.1) is 11.3 Å². The van der Waals surface area contributed by atoms with E-state index in [0.717, 1.165) is 5.56 Å². The maximum Gasteiger partial charge on any atom is 0.267 e. The number of ether oxygens (including phenoxy) is 1. The molecule has 208 valence electrons. The van der Waals surface area contributed by atoms with Crippen molar-refractivity contribution in [2.24, 2.45) is 0 Å². The van der Waals surface area contributed by atoms with Crippen LogP contribution in [0, 0.1) is 6.92 Å². The van der Waals surface area contributed by atoms with Gasteiger partial charge in [0.25, 0.3) is 5.91 Å². The number of thiazole rings is 1. The summed E-state index contributed by atoms with van der Waals surface area (Å²) < 4.78 is 6.24. The molecule has 4 aromatic rings. The number of nitrogens with zero attached hydrogens (tertiary/aromatic N) is 3. The van der Waals surface area contributed by atoms with Crippen molar-refractivity contribution in [3.8, 4) is 16.5 Å². The molecule has 6 rings (SSSR count). The SMILES string of the molecule is CC(=O)N[C@@H](C(=O)N1CC2Oc3cccc(NC(=O)c4sc(-c5ccccn5)nc4C)c3C2C1)c1cccc(Cl)c1. The third kappa shape index (κ3) is 5.28. The van der Waals surface area contributed by atoms with E-state index in [0.29, 0.717) is 56.4 Å². The molecule has 0 saturated carbocycles. The average molecular weight is 588 g/mol. The molecule has 0 aliphatic carbocycles. The van der Waals surface area contributed by atoms with Crippen LogP contribution in [0.1, 0.15) is 45.4 Å². The van der Waals surface area contributed by atoms with E-state index in [1.165, 1.54) is 18.3 Å². The number of nitrogens with one attached hydrogen (secondary N) is 2. The molecule has 3 atom stereocenters. The first-order valence-corrected chi connectivity index (χ1v) is 14.3. The van der Waals surface area contributed by atoms with Crippen LogP contribution in [-0.2, 0) is 9.59 Å². The zero-order valence-electron chi connectivity index (χ0n) is 22.3. The summed E-state index contributed by atoms with van der Waals surface area (Å²) in [5, 5.41) is 6.97. The van der Waals surface area contributed by atoms with Crippen LogP contribution in [0.4, 0.5) is 5.69 Å². The van der Waals surface area contributed by atoms with Gasteiger partial charge in [0.1, 0.15) is 27.8 Å². The lowest BCUT2D eigenvalue weighted by Crippen LogP contribution is -2.42. The van der Waals surface area contributed by atoms with Gasteiger partial charge in [0.2, 0.25) is 11.8 Å². The summed E-state index contributed by atoms with van der Waals surface area (Å²) in [6.45, 7) is 3.91. The lowest BCUT2D eigenvalue weighted by molar-refractivity contribution is -0.135. The standard InChI is InChI=1S/C30H26ClN5O4S/c1-16-27(41-29(33-16)22-9-3-4-12-32-22)28(38)35-21-10-6-11-23-25(21)20-14-36(15-24(20)40-23)30(39)26(34-17(2)37)18-7-5-8-19(31)13-18/h3-13,20,24,26H,14-15H2,1-2H3,(H,34,37)(H,35,38)/t20?,24?,26-/m1/s1. The van der Waals surface area contributed by atoms with Crippen LogP contribution in [0.5, 0.6) is 5.75 Å². The Kier molecular flexibility index (Phi) is 7.19. The van der Waals surface area contributed by atoms with E-state index in [4.69, 9.17) is 16.3 Å². The van der Waals surface area contributed by atoms with Crippen LogP contribution >= 0.6 is 22.9 Å². The Morgan fingerprint density at radius 2 is 1.93 bits per heavy atom. The summed E-state index contributed by atoms with van der Waals surface area (Å²) in [5.74, 6) is -0.288. The number of carbonyl (C=O) groups is 3. The Morgan fingerprint density at radius 1 is 1.10 bits per heavy atom. The Labute approximate surface area is 245 Å². The number of amides is 3. The normalized spacial score (nSPS) is 17.8. The number of rotatable bonds is 6. The lowest BCUT2D eigenvalue weighted by Gasteiger charge is -2.25. The van der Waals surface area contributed by atoms with Gasteiger partial charge in [-0.2, -0.15) is 0 Å². The molecule has 1 saturated heterocycles. The van der Waals surface area contributed by atoms with Crippen molar-refractivity contribution in [1.29, 1.82) is 0 Å². The smallest absolute Gasteiger partial charge is 0.267 e. The molecule has 2 aromatic carbocycles. The Balaban J connectivity index is 1.23. The zero-order valence-corrected chi connectivity index (χ0v) is 23.8. The summed E-state index contributed by atoms with van der Waals surface area (Å²) in [6.07, 6.45) is 1.42. The molecule has 9 nitrogen and oxygen atoms in total. The molecular weight excluding hydrogens is 562 g/mol. The van der Waals surface area contributed by atoms with Crippen molar-refractivity contribution >= 4 is 46.3 Å². The van der Waals surface area contributed by atoms with E-state index < -0.39 is 6.04 Å². The number of halogens is 1. The van der Waals surface area contributed by atoms with Gasteiger partial charge in [-0.05, 0) is 48.9 Å². The quantitative estimate of drug-likeness (QED) is 0.329. The third-order valence-electron chi connectivity index (χ3n) is 7.20. The number of benzene rings is 2. The molecule has 41 heavy (non-hydrogen) atoms. The van der Waals surface area contributed by atoms with Gasteiger partial charge in [-0.3, -0.25) is 19.4 Å². The van der Waals surface area contributed by atoms with Crippen molar-refractivity contribution < 1.29 is 19.1 Å². The minimum Gasteiger partial charge on any atom is -0.487 e. The van der Waals surface area contributed by atoms with Gasteiger partial charge in [0.15, 0.2) is 0 Å². The minimum absolute atomic E-state index is 0.144. The van der Waals surface area contributed by atoms with Crippen molar-refractivity contribution in [1.82, 2.24) is 20.2 Å². The summed E-state index contributed by atoms with van der Waals surface area (Å²) in [7, 11) is 0.